The first-order valence-electron chi connectivity index (χ1n) is 10.3. The summed E-state index contributed by atoms with van der Waals surface area (Å²) >= 11 is 0. The zero-order chi connectivity index (χ0) is 20.5. The van der Waals surface area contributed by atoms with Crippen LogP contribution in [0.4, 0.5) is 0 Å². The Bertz CT molecular complexity index is 757. The number of aliphatic hydroxyl groups is 1. The smallest absolute Gasteiger partial charge is 0.309 e. The number of carbonyl (C=O) groups is 1. The predicted molar refractivity (Wildman–Crippen MR) is 109 cm³/mol. The van der Waals surface area contributed by atoms with E-state index < -0.39 is 0 Å². The van der Waals surface area contributed by atoms with E-state index >= 15 is 0 Å². The molecular weight excluding hydrogens is 354 g/mol. The first-order valence-corrected chi connectivity index (χ1v) is 10.3. The van der Waals surface area contributed by atoms with E-state index in [-0.39, 0.29) is 24.4 Å². The van der Waals surface area contributed by atoms with Crippen LogP contribution in [0.25, 0.3) is 0 Å². The van der Waals surface area contributed by atoms with Gasteiger partial charge in [0, 0.05) is 12.7 Å². The number of hydrogen-bond donors (Lipinski definition) is 1. The number of esters is 1. The zero-order valence-corrected chi connectivity index (χ0v) is 17.5. The number of aryl methyl sites for hydroxylation is 3. The highest BCUT2D eigenvalue weighted by atomic mass is 16.5. The number of aliphatic hydroxyl groups excluding tert-OH is 1. The fraction of sp³-hybridized carbons (Fsp3) is 0.591. The van der Waals surface area contributed by atoms with Crippen molar-refractivity contribution < 1.29 is 14.6 Å². The maximum absolute atomic E-state index is 12.6. The molecule has 6 heteroatoms. The van der Waals surface area contributed by atoms with Gasteiger partial charge in [0.25, 0.3) is 0 Å². The fourth-order valence-electron chi connectivity index (χ4n) is 3.32. The van der Waals surface area contributed by atoms with E-state index in [1.165, 1.54) is 0 Å². The fourth-order valence-corrected chi connectivity index (χ4v) is 3.32. The van der Waals surface area contributed by atoms with Gasteiger partial charge in [0.1, 0.15) is 0 Å². The Morgan fingerprint density at radius 3 is 2.75 bits per heavy atom. The van der Waals surface area contributed by atoms with Gasteiger partial charge >= 0.3 is 5.97 Å². The van der Waals surface area contributed by atoms with Crippen molar-refractivity contribution >= 4 is 5.97 Å². The molecule has 2 unspecified atom stereocenters. The third kappa shape index (κ3) is 5.89. The Hall–Kier alpha value is -2.21. The molecule has 1 aromatic heterocycles. The van der Waals surface area contributed by atoms with Crippen LogP contribution in [0.1, 0.15) is 68.3 Å². The van der Waals surface area contributed by atoms with E-state index in [1.807, 2.05) is 43.8 Å². The molecule has 0 spiro atoms. The lowest BCUT2D eigenvalue weighted by Gasteiger charge is -2.24. The molecule has 1 N–H and O–H groups in total. The zero-order valence-electron chi connectivity index (χ0n) is 17.5. The largest absolute Gasteiger partial charge is 0.465 e. The Kier molecular flexibility index (Phi) is 8.64. The summed E-state index contributed by atoms with van der Waals surface area (Å²) in [4.78, 5) is 12.6. The van der Waals surface area contributed by atoms with Crippen LogP contribution in [0.5, 0.6) is 0 Å². The Balaban J connectivity index is 2.19. The summed E-state index contributed by atoms with van der Waals surface area (Å²) in [6.07, 6.45) is 5.33. The average Bonchev–Trinajstić information content (AvgIpc) is 3.17. The molecule has 0 saturated carbocycles. The van der Waals surface area contributed by atoms with Gasteiger partial charge in [-0.15, -0.1) is 5.10 Å². The number of benzene rings is 1. The molecule has 0 saturated heterocycles. The quantitative estimate of drug-likeness (QED) is 0.469. The topological polar surface area (TPSA) is 77.2 Å². The standard InChI is InChI=1S/C22H33N3O3/c1-5-7-12-28-22(27)17(4)21(11-10-20-14-25(6-2)24-23-20)18-9-8-16(3)19(13-18)15-26/h8-9,13-14,17,21,26H,5-7,10-12,15H2,1-4H3. The van der Waals surface area contributed by atoms with E-state index in [0.717, 1.165) is 54.6 Å². The summed E-state index contributed by atoms with van der Waals surface area (Å²) in [5.74, 6) is -0.444. The maximum Gasteiger partial charge on any atom is 0.309 e. The molecule has 0 aliphatic heterocycles. The van der Waals surface area contributed by atoms with Gasteiger partial charge in [-0.05, 0) is 55.7 Å². The van der Waals surface area contributed by atoms with Gasteiger partial charge in [0.15, 0.2) is 0 Å². The molecule has 0 radical (unpaired) electrons. The van der Waals surface area contributed by atoms with E-state index in [2.05, 4.69) is 23.3 Å². The third-order valence-electron chi connectivity index (χ3n) is 5.31. The van der Waals surface area contributed by atoms with Crippen molar-refractivity contribution in [3.05, 3.63) is 46.8 Å². The summed E-state index contributed by atoms with van der Waals surface area (Å²) in [5.41, 5.74) is 3.92. The van der Waals surface area contributed by atoms with Crippen molar-refractivity contribution in [3.63, 3.8) is 0 Å². The molecule has 0 aliphatic rings. The third-order valence-corrected chi connectivity index (χ3v) is 5.31. The molecule has 0 bridgehead atoms. The minimum atomic E-state index is -0.271. The van der Waals surface area contributed by atoms with Crippen LogP contribution in [0, 0.1) is 12.8 Å². The minimum absolute atomic E-state index is 0.00739. The van der Waals surface area contributed by atoms with E-state index in [4.69, 9.17) is 4.74 Å². The molecule has 1 heterocycles. The second-order valence-corrected chi connectivity index (χ2v) is 7.36. The first kappa shape index (κ1) is 22.1. The molecule has 6 nitrogen and oxygen atoms in total. The predicted octanol–water partition coefficient (Wildman–Crippen LogP) is 3.79. The highest BCUT2D eigenvalue weighted by Gasteiger charge is 2.27. The number of unbranched alkanes of at least 4 members (excludes halogenated alkanes) is 1. The van der Waals surface area contributed by atoms with Crippen molar-refractivity contribution in [2.45, 2.75) is 72.4 Å². The number of aromatic nitrogens is 3. The van der Waals surface area contributed by atoms with Crippen LogP contribution >= 0.6 is 0 Å². The van der Waals surface area contributed by atoms with Gasteiger partial charge < -0.3 is 9.84 Å². The average molecular weight is 388 g/mol. The van der Waals surface area contributed by atoms with Gasteiger partial charge in [-0.3, -0.25) is 9.48 Å². The summed E-state index contributed by atoms with van der Waals surface area (Å²) in [6.45, 7) is 9.26. The van der Waals surface area contributed by atoms with Crippen molar-refractivity contribution in [2.24, 2.45) is 5.92 Å². The molecule has 0 aliphatic carbocycles. The normalized spacial score (nSPS) is 13.3. The van der Waals surface area contributed by atoms with Crippen molar-refractivity contribution in [2.75, 3.05) is 6.61 Å². The molecule has 154 valence electrons. The summed E-state index contributed by atoms with van der Waals surface area (Å²) < 4.78 is 7.29. The Morgan fingerprint density at radius 2 is 2.11 bits per heavy atom. The molecule has 2 atom stereocenters. The van der Waals surface area contributed by atoms with Gasteiger partial charge in [0.05, 0.1) is 24.8 Å². The van der Waals surface area contributed by atoms with E-state index in [0.29, 0.717) is 6.61 Å². The maximum atomic E-state index is 12.6. The molecule has 28 heavy (non-hydrogen) atoms. The van der Waals surface area contributed by atoms with E-state index in [9.17, 15) is 9.90 Å². The van der Waals surface area contributed by atoms with Crippen molar-refractivity contribution in [3.8, 4) is 0 Å². The summed E-state index contributed by atoms with van der Waals surface area (Å²) in [7, 11) is 0. The monoisotopic (exact) mass is 387 g/mol. The minimum Gasteiger partial charge on any atom is -0.465 e. The molecular formula is C22H33N3O3. The molecule has 0 amide bonds. The summed E-state index contributed by atoms with van der Waals surface area (Å²) in [5, 5.41) is 18.0. The number of nitrogens with zero attached hydrogens (tertiary/aromatic N) is 3. The molecule has 1 aromatic carbocycles. The summed E-state index contributed by atoms with van der Waals surface area (Å²) in [6, 6.07) is 6.08. The van der Waals surface area contributed by atoms with Crippen LogP contribution < -0.4 is 0 Å². The van der Waals surface area contributed by atoms with Crippen molar-refractivity contribution in [1.29, 1.82) is 0 Å². The van der Waals surface area contributed by atoms with Crippen molar-refractivity contribution in [1.82, 2.24) is 15.0 Å². The van der Waals surface area contributed by atoms with Crippen LogP contribution in [-0.2, 0) is 29.1 Å². The van der Waals surface area contributed by atoms with Crippen LogP contribution in [0.15, 0.2) is 24.4 Å². The van der Waals surface area contributed by atoms with E-state index in [1.54, 1.807) is 0 Å². The highest BCUT2D eigenvalue weighted by Crippen LogP contribution is 2.32. The molecule has 2 aromatic rings. The lowest BCUT2D eigenvalue weighted by Crippen LogP contribution is -2.23. The molecule has 2 rings (SSSR count). The number of ether oxygens (including phenoxy) is 1. The number of carbonyl (C=O) groups excluding carboxylic acids is 1. The lowest BCUT2D eigenvalue weighted by atomic mass is 9.82. The SMILES string of the molecule is CCCCOC(=O)C(C)C(CCc1cn(CC)nn1)c1ccc(C)c(CO)c1. The van der Waals surface area contributed by atoms with Gasteiger partial charge in [-0.25, -0.2) is 0 Å². The second kappa shape index (κ2) is 11.0. The second-order valence-electron chi connectivity index (χ2n) is 7.36. The van der Waals surface area contributed by atoms with Crippen LogP contribution in [-0.4, -0.2) is 32.7 Å². The Morgan fingerprint density at radius 1 is 1.32 bits per heavy atom. The first-order chi connectivity index (χ1) is 13.5. The van der Waals surface area contributed by atoms with Crippen LogP contribution in [0.2, 0.25) is 0 Å². The van der Waals surface area contributed by atoms with Gasteiger partial charge in [-0.2, -0.15) is 0 Å². The van der Waals surface area contributed by atoms with Crippen LogP contribution in [0.3, 0.4) is 0 Å². The van der Waals surface area contributed by atoms with Gasteiger partial charge in [-0.1, -0.05) is 43.7 Å². The highest BCUT2D eigenvalue weighted by molar-refractivity contribution is 5.73. The Labute approximate surface area is 167 Å². The lowest BCUT2D eigenvalue weighted by molar-refractivity contribution is -0.148. The van der Waals surface area contributed by atoms with Gasteiger partial charge in [0.2, 0.25) is 0 Å². The number of hydrogen-bond acceptors (Lipinski definition) is 5. The molecule has 0 fully saturated rings. The number of rotatable bonds is 11.